The molecule has 1 saturated carbocycles. The molecule has 118 valence electrons. The Bertz CT molecular complexity index is 460. The van der Waals surface area contributed by atoms with Gasteiger partial charge in [-0.3, -0.25) is 4.90 Å². The predicted octanol–water partition coefficient (Wildman–Crippen LogP) is 4.07. The van der Waals surface area contributed by atoms with Gasteiger partial charge in [-0.1, -0.05) is 13.8 Å². The molecule has 0 radical (unpaired) electrons. The highest BCUT2D eigenvalue weighted by Gasteiger charge is 2.28. The SMILES string of the molecule is CCOc1ccc(N)cc1CN(C)C1CCC(C)(C)CC1. The summed E-state index contributed by atoms with van der Waals surface area (Å²) in [6, 6.07) is 6.63. The lowest BCUT2D eigenvalue weighted by Crippen LogP contribution is -2.36. The van der Waals surface area contributed by atoms with Crippen LogP contribution in [0.25, 0.3) is 0 Å². The van der Waals surface area contributed by atoms with Crippen LogP contribution < -0.4 is 10.5 Å². The maximum atomic E-state index is 5.94. The highest BCUT2D eigenvalue weighted by molar-refractivity contribution is 5.47. The number of ether oxygens (including phenoxy) is 1. The van der Waals surface area contributed by atoms with Crippen LogP contribution in [0.4, 0.5) is 5.69 Å². The number of rotatable bonds is 5. The molecule has 3 heteroatoms. The molecule has 0 aliphatic heterocycles. The van der Waals surface area contributed by atoms with Gasteiger partial charge in [-0.05, 0) is 63.3 Å². The third-order valence-electron chi connectivity index (χ3n) is 4.74. The minimum atomic E-state index is 0.519. The van der Waals surface area contributed by atoms with E-state index >= 15 is 0 Å². The number of nitrogens with two attached hydrogens (primary N) is 1. The summed E-state index contributed by atoms with van der Waals surface area (Å²) in [4.78, 5) is 2.46. The van der Waals surface area contributed by atoms with Gasteiger partial charge < -0.3 is 10.5 Å². The topological polar surface area (TPSA) is 38.5 Å². The molecule has 1 fully saturated rings. The largest absolute Gasteiger partial charge is 0.494 e. The van der Waals surface area contributed by atoms with Crippen molar-refractivity contribution in [1.82, 2.24) is 4.90 Å². The monoisotopic (exact) mass is 290 g/mol. The zero-order valence-electron chi connectivity index (χ0n) is 14.0. The lowest BCUT2D eigenvalue weighted by atomic mass is 9.75. The van der Waals surface area contributed by atoms with E-state index in [2.05, 4.69) is 25.8 Å². The molecule has 0 spiro atoms. The number of nitrogens with zero attached hydrogens (tertiary/aromatic N) is 1. The number of anilines is 1. The Balaban J connectivity index is 2.02. The third-order valence-corrected chi connectivity index (χ3v) is 4.74. The van der Waals surface area contributed by atoms with Gasteiger partial charge in [0.1, 0.15) is 5.75 Å². The molecule has 1 aromatic rings. The molecule has 0 heterocycles. The smallest absolute Gasteiger partial charge is 0.123 e. The highest BCUT2D eigenvalue weighted by atomic mass is 16.5. The molecule has 0 unspecified atom stereocenters. The molecule has 1 aliphatic carbocycles. The first kappa shape index (κ1) is 16.2. The summed E-state index contributed by atoms with van der Waals surface area (Å²) in [6.45, 7) is 8.39. The molecule has 2 rings (SSSR count). The minimum Gasteiger partial charge on any atom is -0.494 e. The van der Waals surface area contributed by atoms with Gasteiger partial charge in [0.15, 0.2) is 0 Å². The van der Waals surface area contributed by atoms with E-state index in [4.69, 9.17) is 10.5 Å². The van der Waals surface area contributed by atoms with Gasteiger partial charge in [0.05, 0.1) is 6.61 Å². The van der Waals surface area contributed by atoms with E-state index in [0.717, 1.165) is 18.0 Å². The first-order chi connectivity index (χ1) is 9.91. The van der Waals surface area contributed by atoms with Gasteiger partial charge in [-0.15, -0.1) is 0 Å². The van der Waals surface area contributed by atoms with Crippen LogP contribution >= 0.6 is 0 Å². The number of hydrogen-bond donors (Lipinski definition) is 1. The Morgan fingerprint density at radius 3 is 2.57 bits per heavy atom. The Morgan fingerprint density at radius 2 is 1.95 bits per heavy atom. The Labute approximate surface area is 129 Å². The van der Waals surface area contributed by atoms with Crippen molar-refractivity contribution in [2.75, 3.05) is 19.4 Å². The Hall–Kier alpha value is -1.22. The fraction of sp³-hybridized carbons (Fsp3) is 0.667. The van der Waals surface area contributed by atoms with Crippen molar-refractivity contribution >= 4 is 5.69 Å². The maximum absolute atomic E-state index is 5.94. The van der Waals surface area contributed by atoms with Gasteiger partial charge in [-0.2, -0.15) is 0 Å². The summed E-state index contributed by atoms with van der Waals surface area (Å²) in [7, 11) is 2.22. The molecular weight excluding hydrogens is 260 g/mol. The van der Waals surface area contributed by atoms with Crippen molar-refractivity contribution < 1.29 is 4.74 Å². The summed E-state index contributed by atoms with van der Waals surface area (Å²) < 4.78 is 5.73. The fourth-order valence-corrected chi connectivity index (χ4v) is 3.24. The zero-order valence-corrected chi connectivity index (χ0v) is 14.0. The van der Waals surface area contributed by atoms with Crippen LogP contribution in [-0.4, -0.2) is 24.6 Å². The molecule has 2 N–H and O–H groups in total. The molecular formula is C18H30N2O. The quantitative estimate of drug-likeness (QED) is 0.831. The van der Waals surface area contributed by atoms with E-state index in [9.17, 15) is 0 Å². The van der Waals surface area contributed by atoms with Gasteiger partial charge >= 0.3 is 0 Å². The second-order valence-electron chi connectivity index (χ2n) is 7.11. The zero-order chi connectivity index (χ0) is 15.5. The molecule has 21 heavy (non-hydrogen) atoms. The van der Waals surface area contributed by atoms with Crippen molar-refractivity contribution in [2.45, 2.75) is 59.0 Å². The summed E-state index contributed by atoms with van der Waals surface area (Å²) in [5.41, 5.74) is 8.47. The minimum absolute atomic E-state index is 0.519. The summed E-state index contributed by atoms with van der Waals surface area (Å²) in [5, 5.41) is 0. The second-order valence-corrected chi connectivity index (χ2v) is 7.11. The van der Waals surface area contributed by atoms with Crippen LogP contribution in [0.3, 0.4) is 0 Å². The van der Waals surface area contributed by atoms with Gasteiger partial charge in [0.2, 0.25) is 0 Å². The van der Waals surface area contributed by atoms with Crippen LogP contribution in [0.2, 0.25) is 0 Å². The predicted molar refractivity (Wildman–Crippen MR) is 89.5 cm³/mol. The fourth-order valence-electron chi connectivity index (χ4n) is 3.24. The van der Waals surface area contributed by atoms with Crippen molar-refractivity contribution in [3.8, 4) is 5.75 Å². The number of hydrogen-bond acceptors (Lipinski definition) is 3. The van der Waals surface area contributed by atoms with Gasteiger partial charge in [-0.25, -0.2) is 0 Å². The molecule has 0 amide bonds. The average Bonchev–Trinajstić information content (AvgIpc) is 2.42. The van der Waals surface area contributed by atoms with E-state index in [1.54, 1.807) is 0 Å². The average molecular weight is 290 g/mol. The van der Waals surface area contributed by atoms with Gasteiger partial charge in [0, 0.05) is 23.8 Å². The van der Waals surface area contributed by atoms with Crippen molar-refractivity contribution in [2.24, 2.45) is 5.41 Å². The summed E-state index contributed by atoms with van der Waals surface area (Å²) >= 11 is 0. The summed E-state index contributed by atoms with van der Waals surface area (Å²) in [6.07, 6.45) is 5.21. The Kier molecular flexibility index (Phi) is 5.15. The normalized spacial score (nSPS) is 18.9. The molecule has 0 aromatic heterocycles. The van der Waals surface area contributed by atoms with Crippen molar-refractivity contribution in [1.29, 1.82) is 0 Å². The first-order valence-corrected chi connectivity index (χ1v) is 8.13. The maximum Gasteiger partial charge on any atom is 0.123 e. The first-order valence-electron chi connectivity index (χ1n) is 8.13. The Morgan fingerprint density at radius 1 is 1.29 bits per heavy atom. The van der Waals surface area contributed by atoms with E-state index in [0.29, 0.717) is 18.1 Å². The molecule has 1 aliphatic rings. The molecule has 0 atom stereocenters. The van der Waals surface area contributed by atoms with Crippen LogP contribution in [-0.2, 0) is 6.54 Å². The molecule has 0 saturated heterocycles. The van der Waals surface area contributed by atoms with E-state index in [1.807, 2.05) is 25.1 Å². The van der Waals surface area contributed by atoms with Crippen LogP contribution in [0, 0.1) is 5.41 Å². The van der Waals surface area contributed by atoms with Crippen LogP contribution in [0.1, 0.15) is 52.0 Å². The van der Waals surface area contributed by atoms with E-state index < -0.39 is 0 Å². The van der Waals surface area contributed by atoms with Crippen molar-refractivity contribution in [3.05, 3.63) is 23.8 Å². The number of benzene rings is 1. The van der Waals surface area contributed by atoms with Gasteiger partial charge in [0.25, 0.3) is 0 Å². The molecule has 3 nitrogen and oxygen atoms in total. The lowest BCUT2D eigenvalue weighted by Gasteiger charge is -2.38. The van der Waals surface area contributed by atoms with E-state index in [1.165, 1.54) is 31.2 Å². The van der Waals surface area contributed by atoms with Crippen molar-refractivity contribution in [3.63, 3.8) is 0 Å². The van der Waals surface area contributed by atoms with E-state index in [-0.39, 0.29) is 0 Å². The highest BCUT2D eigenvalue weighted by Crippen LogP contribution is 2.37. The lowest BCUT2D eigenvalue weighted by molar-refractivity contribution is 0.122. The standard InChI is InChI=1S/C18H30N2O/c1-5-21-17-7-6-15(19)12-14(17)13-20(4)16-8-10-18(2,3)11-9-16/h6-7,12,16H,5,8-11,13,19H2,1-4H3. The molecule has 0 bridgehead atoms. The molecule has 1 aromatic carbocycles. The van der Waals surface area contributed by atoms with Crippen LogP contribution in [0.5, 0.6) is 5.75 Å². The van der Waals surface area contributed by atoms with Crippen LogP contribution in [0.15, 0.2) is 18.2 Å². The second kappa shape index (κ2) is 6.69. The number of nitrogen functional groups attached to an aromatic ring is 1. The summed E-state index contributed by atoms with van der Waals surface area (Å²) in [5.74, 6) is 0.967. The third kappa shape index (κ3) is 4.37.